The first kappa shape index (κ1) is 17.4. The van der Waals surface area contributed by atoms with Crippen LogP contribution in [0.25, 0.3) is 0 Å². The third kappa shape index (κ3) is 5.30. The molecule has 1 aromatic carbocycles. The maximum absolute atomic E-state index is 13.7. The van der Waals surface area contributed by atoms with Gasteiger partial charge in [0.15, 0.2) is 0 Å². The minimum atomic E-state index is -0.823. The number of nitrogens with zero attached hydrogens (tertiary/aromatic N) is 2. The zero-order valence-electron chi connectivity index (χ0n) is 13.4. The average Bonchev–Trinajstić information content (AvgIpc) is 2.47. The Hall–Kier alpha value is -1.99. The molecule has 0 saturated heterocycles. The standard InChI is InChI=1S/C16H23F2N5/c1-23(2)10-4-3-7-16(19)8-9-20-15(22-16)21-14-6-5-12(17)11-13(14)18/h5-6,8-9,11H,3-4,7,10,19H2,1-2H3,(H2,20,21,22). The first-order chi connectivity index (χ1) is 10.9. The molecule has 0 spiro atoms. The van der Waals surface area contributed by atoms with Crippen LogP contribution in [-0.2, 0) is 0 Å². The van der Waals surface area contributed by atoms with E-state index in [-0.39, 0.29) is 5.69 Å². The first-order valence-electron chi connectivity index (χ1n) is 7.58. The van der Waals surface area contributed by atoms with Crippen molar-refractivity contribution in [2.75, 3.05) is 26.0 Å². The van der Waals surface area contributed by atoms with Gasteiger partial charge in [-0.15, -0.1) is 0 Å². The molecule has 126 valence electrons. The van der Waals surface area contributed by atoms with Gasteiger partial charge in [0, 0.05) is 12.3 Å². The number of rotatable bonds is 6. The van der Waals surface area contributed by atoms with Gasteiger partial charge >= 0.3 is 0 Å². The maximum Gasteiger partial charge on any atom is 0.202 e. The molecule has 0 aromatic heterocycles. The summed E-state index contributed by atoms with van der Waals surface area (Å²) in [4.78, 5) is 6.52. The van der Waals surface area contributed by atoms with E-state index in [4.69, 9.17) is 5.73 Å². The van der Waals surface area contributed by atoms with Crippen LogP contribution in [-0.4, -0.2) is 37.2 Å². The number of benzene rings is 1. The minimum absolute atomic E-state index is 0.142. The molecule has 0 aliphatic carbocycles. The van der Waals surface area contributed by atoms with E-state index in [1.165, 1.54) is 12.1 Å². The lowest BCUT2D eigenvalue weighted by atomic mass is 10.0. The lowest BCUT2D eigenvalue weighted by Gasteiger charge is -2.27. The summed E-state index contributed by atoms with van der Waals surface area (Å²) in [6.45, 7) is 0.994. The second kappa shape index (κ2) is 7.52. The van der Waals surface area contributed by atoms with Crippen molar-refractivity contribution in [3.63, 3.8) is 0 Å². The fourth-order valence-electron chi connectivity index (χ4n) is 2.30. The topological polar surface area (TPSA) is 65.7 Å². The zero-order chi connectivity index (χ0) is 16.9. The second-order valence-corrected chi connectivity index (χ2v) is 5.94. The zero-order valence-corrected chi connectivity index (χ0v) is 13.4. The normalized spacial score (nSPS) is 20.3. The van der Waals surface area contributed by atoms with Gasteiger partial charge in [-0.2, -0.15) is 0 Å². The van der Waals surface area contributed by atoms with Crippen molar-refractivity contribution in [3.8, 4) is 0 Å². The molecule has 7 heteroatoms. The number of anilines is 1. The highest BCUT2D eigenvalue weighted by atomic mass is 19.1. The quantitative estimate of drug-likeness (QED) is 0.703. The fourth-order valence-corrected chi connectivity index (χ4v) is 2.30. The summed E-state index contributed by atoms with van der Waals surface area (Å²) in [5, 5.41) is 5.68. The summed E-state index contributed by atoms with van der Waals surface area (Å²) in [6, 6.07) is 3.32. The molecular formula is C16H23F2N5. The molecule has 0 fully saturated rings. The molecule has 1 atom stereocenters. The number of aliphatic imine (C=N–C) groups is 1. The summed E-state index contributed by atoms with van der Waals surface area (Å²) < 4.78 is 26.6. The molecule has 0 amide bonds. The highest BCUT2D eigenvalue weighted by Crippen LogP contribution is 2.19. The Kier molecular flexibility index (Phi) is 5.68. The summed E-state index contributed by atoms with van der Waals surface area (Å²) >= 11 is 0. The lowest BCUT2D eigenvalue weighted by Crippen LogP contribution is -2.44. The van der Waals surface area contributed by atoms with Crippen molar-refractivity contribution in [1.82, 2.24) is 10.2 Å². The minimum Gasteiger partial charge on any atom is -0.333 e. The Labute approximate surface area is 135 Å². The van der Waals surface area contributed by atoms with Crippen molar-refractivity contribution in [3.05, 3.63) is 42.1 Å². The van der Waals surface area contributed by atoms with Gasteiger partial charge in [0.25, 0.3) is 0 Å². The SMILES string of the molecule is CN(C)CCCCC1(N)C=CNC(Nc2ccc(F)cc2F)=N1. The Morgan fingerprint density at radius 2 is 2.09 bits per heavy atom. The van der Waals surface area contributed by atoms with Gasteiger partial charge in [0.2, 0.25) is 5.96 Å². The number of nitrogens with one attached hydrogen (secondary N) is 2. The largest absolute Gasteiger partial charge is 0.333 e. The molecule has 23 heavy (non-hydrogen) atoms. The molecule has 1 aliphatic rings. The Morgan fingerprint density at radius 1 is 1.30 bits per heavy atom. The highest BCUT2D eigenvalue weighted by Gasteiger charge is 2.24. The predicted octanol–water partition coefficient (Wildman–Crippen LogP) is 2.24. The van der Waals surface area contributed by atoms with Gasteiger partial charge in [-0.05, 0) is 58.1 Å². The summed E-state index contributed by atoms with van der Waals surface area (Å²) in [7, 11) is 4.06. The molecule has 0 radical (unpaired) electrons. The summed E-state index contributed by atoms with van der Waals surface area (Å²) in [5.74, 6) is -0.966. The third-order valence-corrected chi connectivity index (χ3v) is 3.53. The van der Waals surface area contributed by atoms with E-state index in [0.717, 1.165) is 25.5 Å². The molecule has 1 heterocycles. The summed E-state index contributed by atoms with van der Waals surface area (Å²) in [6.07, 6.45) is 6.12. The van der Waals surface area contributed by atoms with Crippen LogP contribution in [0, 0.1) is 11.6 Å². The maximum atomic E-state index is 13.7. The Bertz CT molecular complexity index is 600. The van der Waals surface area contributed by atoms with Crippen molar-refractivity contribution < 1.29 is 8.78 Å². The first-order valence-corrected chi connectivity index (χ1v) is 7.58. The van der Waals surface area contributed by atoms with Crippen molar-refractivity contribution >= 4 is 11.6 Å². The molecule has 4 N–H and O–H groups in total. The van der Waals surface area contributed by atoms with Crippen LogP contribution in [0.15, 0.2) is 35.5 Å². The molecule has 5 nitrogen and oxygen atoms in total. The number of hydrogen-bond acceptors (Lipinski definition) is 5. The number of nitrogens with two attached hydrogens (primary N) is 1. The average molecular weight is 323 g/mol. The van der Waals surface area contributed by atoms with Gasteiger partial charge in [0.05, 0.1) is 5.69 Å². The van der Waals surface area contributed by atoms with Crippen LogP contribution in [0.3, 0.4) is 0 Å². The van der Waals surface area contributed by atoms with Crippen molar-refractivity contribution in [2.24, 2.45) is 10.7 Å². The van der Waals surface area contributed by atoms with Gasteiger partial charge in [-0.25, -0.2) is 13.8 Å². The van der Waals surface area contributed by atoms with E-state index < -0.39 is 17.3 Å². The number of unbranched alkanes of at least 4 members (excludes halogenated alkanes) is 1. The van der Waals surface area contributed by atoms with E-state index in [1.54, 1.807) is 12.3 Å². The van der Waals surface area contributed by atoms with E-state index >= 15 is 0 Å². The molecule has 1 aromatic rings. The number of hydrogen-bond donors (Lipinski definition) is 3. The highest BCUT2D eigenvalue weighted by molar-refractivity contribution is 5.95. The molecule has 0 bridgehead atoms. The Morgan fingerprint density at radius 3 is 2.78 bits per heavy atom. The van der Waals surface area contributed by atoms with E-state index in [9.17, 15) is 8.78 Å². The lowest BCUT2D eigenvalue weighted by molar-refractivity contribution is 0.376. The third-order valence-electron chi connectivity index (χ3n) is 3.53. The predicted molar refractivity (Wildman–Crippen MR) is 89.0 cm³/mol. The van der Waals surface area contributed by atoms with Crippen LogP contribution in [0.1, 0.15) is 19.3 Å². The van der Waals surface area contributed by atoms with Gasteiger partial charge in [-0.3, -0.25) is 0 Å². The monoisotopic (exact) mass is 323 g/mol. The van der Waals surface area contributed by atoms with E-state index in [1.807, 2.05) is 14.1 Å². The van der Waals surface area contributed by atoms with Crippen LogP contribution in [0.4, 0.5) is 14.5 Å². The Balaban J connectivity index is 1.98. The van der Waals surface area contributed by atoms with Crippen molar-refractivity contribution in [2.45, 2.75) is 24.9 Å². The molecule has 0 saturated carbocycles. The molecule has 1 unspecified atom stereocenters. The van der Waals surface area contributed by atoms with Gasteiger partial charge in [0.1, 0.15) is 17.3 Å². The van der Waals surface area contributed by atoms with Gasteiger partial charge < -0.3 is 21.3 Å². The van der Waals surface area contributed by atoms with Crippen molar-refractivity contribution in [1.29, 1.82) is 0 Å². The van der Waals surface area contributed by atoms with Crippen LogP contribution in [0.5, 0.6) is 0 Å². The molecule has 2 rings (SSSR count). The summed E-state index contributed by atoms with van der Waals surface area (Å²) in [5.41, 5.74) is 5.58. The fraction of sp³-hybridized carbons (Fsp3) is 0.438. The van der Waals surface area contributed by atoms with Crippen LogP contribution in [0.2, 0.25) is 0 Å². The van der Waals surface area contributed by atoms with Gasteiger partial charge in [-0.1, -0.05) is 0 Å². The van der Waals surface area contributed by atoms with E-state index in [0.29, 0.717) is 12.4 Å². The molecule has 1 aliphatic heterocycles. The second-order valence-electron chi connectivity index (χ2n) is 5.94. The number of halogens is 2. The molecular weight excluding hydrogens is 300 g/mol. The smallest absolute Gasteiger partial charge is 0.202 e. The van der Waals surface area contributed by atoms with Crippen LogP contribution < -0.4 is 16.4 Å². The van der Waals surface area contributed by atoms with E-state index in [2.05, 4.69) is 20.5 Å². The van der Waals surface area contributed by atoms with Crippen LogP contribution >= 0.6 is 0 Å². The number of guanidine groups is 1.